The molecule has 1 rings (SSSR count). The van der Waals surface area contributed by atoms with Crippen LogP contribution in [0.5, 0.6) is 5.75 Å². The molecule has 0 saturated carbocycles. The number of hydrogen-bond acceptors (Lipinski definition) is 3. The second-order valence-electron chi connectivity index (χ2n) is 4.86. The van der Waals surface area contributed by atoms with Crippen molar-refractivity contribution < 1.29 is 14.6 Å². The number of rotatable bonds is 4. The summed E-state index contributed by atoms with van der Waals surface area (Å²) in [7, 11) is 1.59. The summed E-state index contributed by atoms with van der Waals surface area (Å²) in [5.74, 6) is -0.281. The third kappa shape index (κ3) is 2.26. The highest BCUT2D eigenvalue weighted by Crippen LogP contribution is 2.34. The maximum atomic E-state index is 11.2. The Morgan fingerprint density at radius 3 is 2.06 bits per heavy atom. The fraction of sp³-hybridized carbons (Fsp3) is 0.462. The van der Waals surface area contributed by atoms with Gasteiger partial charge in [0.05, 0.1) is 7.11 Å². The Bertz CT molecular complexity index is 407. The van der Waals surface area contributed by atoms with Crippen LogP contribution in [-0.2, 0) is 10.2 Å². The van der Waals surface area contributed by atoms with Crippen molar-refractivity contribution in [1.82, 2.24) is 0 Å². The molecule has 0 aliphatic heterocycles. The van der Waals surface area contributed by atoms with Gasteiger partial charge in [0.1, 0.15) is 11.3 Å². The first-order valence-corrected chi connectivity index (χ1v) is 5.40. The van der Waals surface area contributed by atoms with Gasteiger partial charge in [-0.15, -0.1) is 0 Å². The lowest BCUT2D eigenvalue weighted by Crippen LogP contribution is -2.58. The Kier molecular flexibility index (Phi) is 3.48. The number of carboxylic acids is 1. The molecule has 0 amide bonds. The lowest BCUT2D eigenvalue weighted by atomic mass is 9.69. The molecule has 1 aromatic carbocycles. The highest BCUT2D eigenvalue weighted by molar-refractivity contribution is 5.80. The minimum absolute atomic E-state index is 0.675. The maximum absolute atomic E-state index is 11.2. The first-order valence-electron chi connectivity index (χ1n) is 5.40. The molecule has 1 unspecified atom stereocenters. The fourth-order valence-electron chi connectivity index (χ4n) is 1.57. The van der Waals surface area contributed by atoms with Crippen molar-refractivity contribution in [2.24, 2.45) is 5.73 Å². The molecule has 1 aromatic rings. The number of aliphatic carboxylic acids is 1. The van der Waals surface area contributed by atoms with Crippen molar-refractivity contribution in [2.75, 3.05) is 7.11 Å². The monoisotopic (exact) mass is 237 g/mol. The molecule has 17 heavy (non-hydrogen) atoms. The van der Waals surface area contributed by atoms with Crippen LogP contribution in [0.15, 0.2) is 24.3 Å². The van der Waals surface area contributed by atoms with Crippen LogP contribution in [0.4, 0.5) is 0 Å². The molecule has 0 spiro atoms. The van der Waals surface area contributed by atoms with Crippen molar-refractivity contribution >= 4 is 5.97 Å². The predicted octanol–water partition coefficient (Wildman–Crippen LogP) is 1.77. The molecule has 0 bridgehead atoms. The summed E-state index contributed by atoms with van der Waals surface area (Å²) in [6.45, 7) is 5.17. The van der Waals surface area contributed by atoms with E-state index in [0.29, 0.717) is 0 Å². The van der Waals surface area contributed by atoms with Gasteiger partial charge in [-0.05, 0) is 24.6 Å². The summed E-state index contributed by atoms with van der Waals surface area (Å²) in [6, 6.07) is 7.28. The van der Waals surface area contributed by atoms with Gasteiger partial charge in [0.2, 0.25) is 0 Å². The molecular weight excluding hydrogens is 218 g/mol. The summed E-state index contributed by atoms with van der Waals surface area (Å²) in [6.07, 6.45) is 0. The number of benzene rings is 1. The summed E-state index contributed by atoms with van der Waals surface area (Å²) in [4.78, 5) is 11.2. The summed E-state index contributed by atoms with van der Waals surface area (Å²) in [5, 5.41) is 9.19. The third-order valence-corrected chi connectivity index (χ3v) is 3.55. The first-order chi connectivity index (χ1) is 7.73. The van der Waals surface area contributed by atoms with Gasteiger partial charge < -0.3 is 15.6 Å². The van der Waals surface area contributed by atoms with Crippen molar-refractivity contribution in [3.05, 3.63) is 29.8 Å². The Morgan fingerprint density at radius 2 is 1.71 bits per heavy atom. The van der Waals surface area contributed by atoms with Crippen molar-refractivity contribution in [1.29, 1.82) is 0 Å². The molecule has 0 fully saturated rings. The average molecular weight is 237 g/mol. The van der Waals surface area contributed by atoms with Crippen LogP contribution >= 0.6 is 0 Å². The summed E-state index contributed by atoms with van der Waals surface area (Å²) >= 11 is 0. The SMILES string of the molecule is COc1ccc(C(C)(C)C(C)(N)C(=O)O)cc1. The van der Waals surface area contributed by atoms with E-state index in [-0.39, 0.29) is 0 Å². The molecule has 3 N–H and O–H groups in total. The van der Waals surface area contributed by atoms with E-state index in [1.165, 1.54) is 6.92 Å². The number of hydrogen-bond donors (Lipinski definition) is 2. The largest absolute Gasteiger partial charge is 0.497 e. The van der Waals surface area contributed by atoms with E-state index in [0.717, 1.165) is 11.3 Å². The number of nitrogens with two attached hydrogens (primary N) is 1. The van der Waals surface area contributed by atoms with E-state index in [1.54, 1.807) is 19.2 Å². The second kappa shape index (κ2) is 4.37. The Hall–Kier alpha value is -1.55. The summed E-state index contributed by atoms with van der Waals surface area (Å²) < 4.78 is 5.07. The molecule has 4 heteroatoms. The highest BCUT2D eigenvalue weighted by atomic mass is 16.5. The van der Waals surface area contributed by atoms with E-state index < -0.39 is 16.9 Å². The van der Waals surface area contributed by atoms with Crippen LogP contribution in [0.3, 0.4) is 0 Å². The Balaban J connectivity index is 3.16. The third-order valence-electron chi connectivity index (χ3n) is 3.55. The van der Waals surface area contributed by atoms with Crippen molar-refractivity contribution in [2.45, 2.75) is 31.7 Å². The zero-order valence-corrected chi connectivity index (χ0v) is 10.7. The van der Waals surface area contributed by atoms with Crippen LogP contribution in [0.2, 0.25) is 0 Å². The van der Waals surface area contributed by atoms with Crippen molar-refractivity contribution in [3.8, 4) is 5.75 Å². The number of methoxy groups -OCH3 is 1. The molecule has 1 atom stereocenters. The number of carbonyl (C=O) groups is 1. The average Bonchev–Trinajstić information content (AvgIpc) is 2.28. The molecule has 94 valence electrons. The molecular formula is C13H19NO3. The van der Waals surface area contributed by atoms with Crippen LogP contribution in [0.1, 0.15) is 26.3 Å². The minimum atomic E-state index is -1.33. The standard InChI is InChI=1S/C13H19NO3/c1-12(2,13(3,14)11(15)16)9-5-7-10(17-4)8-6-9/h5-8H,14H2,1-4H3,(H,15,16). The molecule has 0 aliphatic rings. The van der Waals surface area contributed by atoms with Gasteiger partial charge in [-0.25, -0.2) is 0 Å². The highest BCUT2D eigenvalue weighted by Gasteiger charge is 2.45. The van der Waals surface area contributed by atoms with Gasteiger partial charge in [0.25, 0.3) is 0 Å². The lowest BCUT2D eigenvalue weighted by molar-refractivity contribution is -0.145. The normalized spacial score (nSPS) is 15.1. The van der Waals surface area contributed by atoms with Gasteiger partial charge >= 0.3 is 5.97 Å². The fourth-order valence-corrected chi connectivity index (χ4v) is 1.57. The minimum Gasteiger partial charge on any atom is -0.497 e. The van der Waals surface area contributed by atoms with Crippen LogP contribution in [0.25, 0.3) is 0 Å². The molecule has 0 aromatic heterocycles. The summed E-state index contributed by atoms with van der Waals surface area (Å²) in [5.41, 5.74) is 4.77. The van der Waals surface area contributed by atoms with Gasteiger partial charge in [-0.2, -0.15) is 0 Å². The van der Waals surface area contributed by atoms with Crippen LogP contribution < -0.4 is 10.5 Å². The quantitative estimate of drug-likeness (QED) is 0.837. The molecule has 0 aliphatic carbocycles. The van der Waals surface area contributed by atoms with E-state index in [1.807, 2.05) is 26.0 Å². The van der Waals surface area contributed by atoms with E-state index in [9.17, 15) is 9.90 Å². The predicted molar refractivity (Wildman–Crippen MR) is 66.2 cm³/mol. The van der Waals surface area contributed by atoms with E-state index in [2.05, 4.69) is 0 Å². The van der Waals surface area contributed by atoms with E-state index >= 15 is 0 Å². The Morgan fingerprint density at radius 1 is 1.24 bits per heavy atom. The second-order valence-corrected chi connectivity index (χ2v) is 4.86. The zero-order valence-electron chi connectivity index (χ0n) is 10.7. The maximum Gasteiger partial charge on any atom is 0.324 e. The van der Waals surface area contributed by atoms with Gasteiger partial charge in [-0.1, -0.05) is 26.0 Å². The Labute approximate surface area is 101 Å². The molecule has 0 radical (unpaired) electrons. The first kappa shape index (κ1) is 13.5. The zero-order chi connectivity index (χ0) is 13.3. The topological polar surface area (TPSA) is 72.5 Å². The van der Waals surface area contributed by atoms with E-state index in [4.69, 9.17) is 10.5 Å². The van der Waals surface area contributed by atoms with Gasteiger partial charge in [0.15, 0.2) is 0 Å². The van der Waals surface area contributed by atoms with Crippen LogP contribution in [-0.4, -0.2) is 23.7 Å². The van der Waals surface area contributed by atoms with Crippen molar-refractivity contribution in [3.63, 3.8) is 0 Å². The number of ether oxygens (including phenoxy) is 1. The molecule has 0 saturated heterocycles. The number of carboxylic acid groups (broad SMARTS) is 1. The molecule has 4 nitrogen and oxygen atoms in total. The van der Waals surface area contributed by atoms with Gasteiger partial charge in [-0.3, -0.25) is 4.79 Å². The molecule has 0 heterocycles. The lowest BCUT2D eigenvalue weighted by Gasteiger charge is -2.38. The smallest absolute Gasteiger partial charge is 0.324 e. The van der Waals surface area contributed by atoms with Gasteiger partial charge in [0, 0.05) is 5.41 Å². The van der Waals surface area contributed by atoms with Crippen LogP contribution in [0, 0.1) is 0 Å².